The third-order valence-electron chi connectivity index (χ3n) is 5.18. The highest BCUT2D eigenvalue weighted by atomic mass is 35.5. The van der Waals surface area contributed by atoms with Gasteiger partial charge in [-0.05, 0) is 17.7 Å². The van der Waals surface area contributed by atoms with Crippen LogP contribution < -0.4 is 15.2 Å². The molecule has 1 fully saturated rings. The van der Waals surface area contributed by atoms with Gasteiger partial charge in [0.2, 0.25) is 5.91 Å². The standard InChI is InChI=1S/C22H27N3O4.ClH/c1-28-17-8-9-18(20(14-17)29-2)22(27)25-12-10-24(11-13-25)21(26)15-19(23)16-6-4-3-5-7-16;/h3-9,14,19H,10-13,15,23H2,1-2H3;1H. The molecule has 7 nitrogen and oxygen atoms in total. The van der Waals surface area contributed by atoms with Crippen LogP contribution in [0.4, 0.5) is 0 Å². The molecule has 3 rings (SSSR count). The highest BCUT2D eigenvalue weighted by molar-refractivity contribution is 5.97. The Balaban J connectivity index is 0.00000320. The molecule has 8 heteroatoms. The van der Waals surface area contributed by atoms with Crippen LogP contribution in [0.25, 0.3) is 0 Å². The summed E-state index contributed by atoms with van der Waals surface area (Å²) >= 11 is 0. The number of carbonyl (C=O) groups is 2. The van der Waals surface area contributed by atoms with Crippen LogP contribution in [0.5, 0.6) is 11.5 Å². The highest BCUT2D eigenvalue weighted by Gasteiger charge is 2.27. The molecule has 0 aromatic heterocycles. The Morgan fingerprint density at radius 2 is 1.60 bits per heavy atom. The lowest BCUT2D eigenvalue weighted by Crippen LogP contribution is -2.51. The molecule has 0 saturated carbocycles. The van der Waals surface area contributed by atoms with Gasteiger partial charge in [0, 0.05) is 44.7 Å². The van der Waals surface area contributed by atoms with Crippen LogP contribution in [0.15, 0.2) is 48.5 Å². The van der Waals surface area contributed by atoms with Crippen LogP contribution in [-0.4, -0.2) is 62.0 Å². The molecule has 1 atom stereocenters. The van der Waals surface area contributed by atoms with Crippen LogP contribution in [0, 0.1) is 0 Å². The van der Waals surface area contributed by atoms with Crippen molar-refractivity contribution >= 4 is 24.2 Å². The van der Waals surface area contributed by atoms with E-state index >= 15 is 0 Å². The molecule has 162 valence electrons. The molecule has 1 aliphatic heterocycles. The number of piperazine rings is 1. The number of rotatable bonds is 6. The largest absolute Gasteiger partial charge is 0.497 e. The minimum Gasteiger partial charge on any atom is -0.497 e. The van der Waals surface area contributed by atoms with E-state index in [0.717, 1.165) is 5.56 Å². The number of nitrogens with zero attached hydrogens (tertiary/aromatic N) is 2. The summed E-state index contributed by atoms with van der Waals surface area (Å²) in [6.45, 7) is 1.93. The molecule has 1 aliphatic rings. The first kappa shape index (κ1) is 23.5. The zero-order chi connectivity index (χ0) is 20.8. The number of ether oxygens (including phenoxy) is 2. The molecule has 0 bridgehead atoms. The summed E-state index contributed by atoms with van der Waals surface area (Å²) in [5.74, 6) is 0.998. The number of hydrogen-bond donors (Lipinski definition) is 1. The minimum absolute atomic E-state index is 0. The summed E-state index contributed by atoms with van der Waals surface area (Å²) in [4.78, 5) is 29.0. The lowest BCUT2D eigenvalue weighted by molar-refractivity contribution is -0.133. The van der Waals surface area contributed by atoms with E-state index in [4.69, 9.17) is 15.2 Å². The van der Waals surface area contributed by atoms with Gasteiger partial charge in [-0.15, -0.1) is 12.4 Å². The molecule has 0 spiro atoms. The Morgan fingerprint density at radius 3 is 2.20 bits per heavy atom. The molecule has 1 saturated heterocycles. The molecule has 30 heavy (non-hydrogen) atoms. The number of methoxy groups -OCH3 is 2. The van der Waals surface area contributed by atoms with E-state index < -0.39 is 0 Å². The van der Waals surface area contributed by atoms with E-state index in [1.807, 2.05) is 30.3 Å². The number of carbonyl (C=O) groups excluding carboxylic acids is 2. The second-order valence-corrected chi connectivity index (χ2v) is 6.96. The van der Waals surface area contributed by atoms with Crippen molar-refractivity contribution in [3.8, 4) is 11.5 Å². The molecule has 2 N–H and O–H groups in total. The molecule has 1 unspecified atom stereocenters. The summed E-state index contributed by atoms with van der Waals surface area (Å²) in [6.07, 6.45) is 0.254. The molecular formula is C22H28ClN3O4. The summed E-state index contributed by atoms with van der Waals surface area (Å²) in [5, 5.41) is 0. The molecular weight excluding hydrogens is 406 g/mol. The van der Waals surface area contributed by atoms with E-state index in [0.29, 0.717) is 43.2 Å². The van der Waals surface area contributed by atoms with Crippen molar-refractivity contribution < 1.29 is 19.1 Å². The lowest BCUT2D eigenvalue weighted by atomic mass is 10.0. The Kier molecular flexibility index (Phi) is 8.50. The van der Waals surface area contributed by atoms with Gasteiger partial charge in [0.25, 0.3) is 5.91 Å². The predicted octanol–water partition coefficient (Wildman–Crippen LogP) is 2.50. The van der Waals surface area contributed by atoms with Gasteiger partial charge in [-0.3, -0.25) is 9.59 Å². The maximum Gasteiger partial charge on any atom is 0.257 e. The van der Waals surface area contributed by atoms with Gasteiger partial charge in [-0.2, -0.15) is 0 Å². The van der Waals surface area contributed by atoms with Crippen molar-refractivity contribution in [2.45, 2.75) is 12.5 Å². The molecule has 2 aromatic carbocycles. The van der Waals surface area contributed by atoms with Crippen molar-refractivity contribution in [2.75, 3.05) is 40.4 Å². The average Bonchev–Trinajstić information content (AvgIpc) is 2.78. The predicted molar refractivity (Wildman–Crippen MR) is 117 cm³/mol. The van der Waals surface area contributed by atoms with Crippen LogP contribution in [-0.2, 0) is 4.79 Å². The van der Waals surface area contributed by atoms with Gasteiger partial charge in [0.15, 0.2) is 0 Å². The Bertz CT molecular complexity index is 855. The van der Waals surface area contributed by atoms with Gasteiger partial charge in [0.1, 0.15) is 11.5 Å². The van der Waals surface area contributed by atoms with Crippen LogP contribution >= 0.6 is 12.4 Å². The van der Waals surface area contributed by atoms with Crippen LogP contribution in [0.2, 0.25) is 0 Å². The van der Waals surface area contributed by atoms with Crippen molar-refractivity contribution in [1.29, 1.82) is 0 Å². The van der Waals surface area contributed by atoms with Gasteiger partial charge in [-0.25, -0.2) is 0 Å². The first-order valence-corrected chi connectivity index (χ1v) is 9.63. The van der Waals surface area contributed by atoms with E-state index in [2.05, 4.69) is 0 Å². The number of nitrogens with two attached hydrogens (primary N) is 1. The molecule has 0 radical (unpaired) electrons. The van der Waals surface area contributed by atoms with E-state index in [-0.39, 0.29) is 36.7 Å². The zero-order valence-electron chi connectivity index (χ0n) is 17.2. The second kappa shape index (κ2) is 10.8. The molecule has 1 heterocycles. The first-order chi connectivity index (χ1) is 14.0. The minimum atomic E-state index is -0.327. The van der Waals surface area contributed by atoms with Crippen molar-refractivity contribution in [3.05, 3.63) is 59.7 Å². The van der Waals surface area contributed by atoms with Gasteiger partial charge in [-0.1, -0.05) is 30.3 Å². The summed E-state index contributed by atoms with van der Waals surface area (Å²) in [7, 11) is 3.09. The molecule has 0 aliphatic carbocycles. The van der Waals surface area contributed by atoms with Crippen LogP contribution in [0.1, 0.15) is 28.4 Å². The monoisotopic (exact) mass is 433 g/mol. The summed E-state index contributed by atoms with van der Waals surface area (Å²) in [5.41, 5.74) is 7.60. The number of halogens is 1. The smallest absolute Gasteiger partial charge is 0.257 e. The van der Waals surface area contributed by atoms with Gasteiger partial charge >= 0.3 is 0 Å². The fourth-order valence-corrected chi connectivity index (χ4v) is 3.44. The number of benzene rings is 2. The SMILES string of the molecule is COc1ccc(C(=O)N2CCN(C(=O)CC(N)c3ccccc3)CC2)c(OC)c1.Cl. The molecule has 2 aromatic rings. The van der Waals surface area contributed by atoms with Crippen molar-refractivity contribution in [1.82, 2.24) is 9.80 Å². The fourth-order valence-electron chi connectivity index (χ4n) is 3.44. The third kappa shape index (κ3) is 5.43. The normalized spacial score (nSPS) is 14.5. The van der Waals surface area contributed by atoms with E-state index in [9.17, 15) is 9.59 Å². The quantitative estimate of drug-likeness (QED) is 0.756. The van der Waals surface area contributed by atoms with Crippen molar-refractivity contribution in [2.24, 2.45) is 5.73 Å². The van der Waals surface area contributed by atoms with E-state index in [1.54, 1.807) is 35.1 Å². The topological polar surface area (TPSA) is 85.1 Å². The van der Waals surface area contributed by atoms with Crippen LogP contribution in [0.3, 0.4) is 0 Å². The summed E-state index contributed by atoms with van der Waals surface area (Å²) in [6, 6.07) is 14.4. The van der Waals surface area contributed by atoms with Gasteiger partial charge < -0.3 is 25.0 Å². The lowest BCUT2D eigenvalue weighted by Gasteiger charge is -2.35. The Hall–Kier alpha value is -2.77. The van der Waals surface area contributed by atoms with Crippen molar-refractivity contribution in [3.63, 3.8) is 0 Å². The maximum atomic E-state index is 12.9. The number of hydrogen-bond acceptors (Lipinski definition) is 5. The first-order valence-electron chi connectivity index (χ1n) is 9.63. The van der Waals surface area contributed by atoms with Gasteiger partial charge in [0.05, 0.1) is 19.8 Å². The maximum absolute atomic E-state index is 12.9. The second-order valence-electron chi connectivity index (χ2n) is 6.96. The average molecular weight is 434 g/mol. The molecule has 2 amide bonds. The Morgan fingerprint density at radius 1 is 0.967 bits per heavy atom. The zero-order valence-corrected chi connectivity index (χ0v) is 18.1. The summed E-state index contributed by atoms with van der Waals surface area (Å²) < 4.78 is 10.5. The third-order valence-corrected chi connectivity index (χ3v) is 5.18. The Labute approximate surface area is 183 Å². The highest BCUT2D eigenvalue weighted by Crippen LogP contribution is 2.26. The fraction of sp³-hybridized carbons (Fsp3) is 0.364. The van der Waals surface area contributed by atoms with E-state index in [1.165, 1.54) is 7.11 Å². The number of amides is 2.